The molecule has 0 radical (unpaired) electrons. The van der Waals surface area contributed by atoms with Crippen molar-refractivity contribution in [2.45, 2.75) is 25.9 Å². The van der Waals surface area contributed by atoms with Crippen molar-refractivity contribution in [3.63, 3.8) is 0 Å². The van der Waals surface area contributed by atoms with Crippen LogP contribution < -0.4 is 15.7 Å². The van der Waals surface area contributed by atoms with Gasteiger partial charge in [0.15, 0.2) is 5.06 Å². The van der Waals surface area contributed by atoms with Crippen LogP contribution in [0.4, 0.5) is 11.4 Å². The summed E-state index contributed by atoms with van der Waals surface area (Å²) >= 11 is 0.586. The molecule has 3 N–H and O–H groups in total. The second-order valence-electron chi connectivity index (χ2n) is 6.13. The standard InChI is InChI=1S/C18H17N5O3S/c1-2-23-9-10(8-19-23)13-7-14(15-16(24)22-18(26)27-17(15)25)21-12-6-4-3-5-11(12)20-13/h3-6,8-9,13,20,25H,2,7H2,1H3,(H,22,24,26). The minimum atomic E-state index is -0.641. The van der Waals surface area contributed by atoms with E-state index in [-0.39, 0.29) is 16.7 Å². The van der Waals surface area contributed by atoms with Gasteiger partial charge in [0, 0.05) is 24.7 Å². The zero-order valence-corrected chi connectivity index (χ0v) is 15.3. The number of aromatic hydroxyl groups is 1. The van der Waals surface area contributed by atoms with Gasteiger partial charge in [0.2, 0.25) is 0 Å². The Morgan fingerprint density at radius 2 is 2.15 bits per heavy atom. The first-order valence-electron chi connectivity index (χ1n) is 8.47. The lowest BCUT2D eigenvalue weighted by Crippen LogP contribution is -2.25. The summed E-state index contributed by atoms with van der Waals surface area (Å²) in [5.74, 6) is 0. The number of H-pyrrole nitrogens is 1. The molecule has 8 nitrogen and oxygen atoms in total. The highest BCUT2D eigenvalue weighted by Crippen LogP contribution is 2.36. The first-order valence-corrected chi connectivity index (χ1v) is 9.29. The van der Waals surface area contributed by atoms with Crippen LogP contribution in [0.1, 0.15) is 30.5 Å². The highest BCUT2D eigenvalue weighted by atomic mass is 32.1. The first-order chi connectivity index (χ1) is 13.0. The largest absolute Gasteiger partial charge is 0.499 e. The number of hydrogen-bond donors (Lipinski definition) is 3. The molecule has 4 rings (SSSR count). The van der Waals surface area contributed by atoms with Crippen LogP contribution >= 0.6 is 11.3 Å². The number of aliphatic imine (C=N–C) groups is 1. The number of nitrogens with zero attached hydrogens (tertiary/aromatic N) is 3. The SMILES string of the molecule is CCn1cc(C2CC(c3c(O)sc(=O)[nH]c3=O)=Nc3ccccc3N2)cn1. The minimum absolute atomic E-state index is 0.0333. The molecule has 1 aromatic carbocycles. The predicted molar refractivity (Wildman–Crippen MR) is 104 cm³/mol. The maximum absolute atomic E-state index is 12.4. The molecule has 0 spiro atoms. The molecular formula is C18H17N5O3S. The van der Waals surface area contributed by atoms with E-state index in [9.17, 15) is 14.7 Å². The average Bonchev–Trinajstić information content (AvgIpc) is 3.02. The topological polar surface area (TPSA) is 112 Å². The summed E-state index contributed by atoms with van der Waals surface area (Å²) in [6.07, 6.45) is 4.07. The van der Waals surface area contributed by atoms with Gasteiger partial charge in [-0.2, -0.15) is 5.10 Å². The lowest BCUT2D eigenvalue weighted by Gasteiger charge is -2.17. The van der Waals surface area contributed by atoms with E-state index < -0.39 is 10.4 Å². The van der Waals surface area contributed by atoms with Crippen LogP contribution in [0.2, 0.25) is 0 Å². The lowest BCUT2D eigenvalue weighted by molar-refractivity contribution is 0.487. The molecule has 138 valence electrons. The summed E-state index contributed by atoms with van der Waals surface area (Å²) in [5.41, 5.74) is 2.23. The molecule has 0 bridgehead atoms. The zero-order chi connectivity index (χ0) is 19.0. The highest BCUT2D eigenvalue weighted by molar-refractivity contribution is 7.11. The van der Waals surface area contributed by atoms with E-state index in [0.717, 1.165) is 17.8 Å². The van der Waals surface area contributed by atoms with E-state index in [1.807, 2.05) is 42.1 Å². The Bertz CT molecular complexity index is 1140. The van der Waals surface area contributed by atoms with E-state index in [0.29, 0.717) is 29.2 Å². The van der Waals surface area contributed by atoms with Gasteiger partial charge >= 0.3 is 4.87 Å². The Morgan fingerprint density at radius 3 is 2.89 bits per heavy atom. The molecule has 1 aliphatic heterocycles. The van der Waals surface area contributed by atoms with Crippen molar-refractivity contribution in [1.82, 2.24) is 14.8 Å². The Labute approximate surface area is 157 Å². The maximum Gasteiger partial charge on any atom is 0.310 e. The van der Waals surface area contributed by atoms with Crippen molar-refractivity contribution in [2.75, 3.05) is 5.32 Å². The van der Waals surface area contributed by atoms with Crippen molar-refractivity contribution in [1.29, 1.82) is 0 Å². The fraction of sp³-hybridized carbons (Fsp3) is 0.222. The molecule has 27 heavy (non-hydrogen) atoms. The average molecular weight is 383 g/mol. The van der Waals surface area contributed by atoms with E-state index in [1.54, 1.807) is 6.20 Å². The smallest absolute Gasteiger partial charge is 0.310 e. The van der Waals surface area contributed by atoms with Crippen molar-refractivity contribution < 1.29 is 5.11 Å². The number of nitrogens with one attached hydrogen (secondary N) is 2. The number of aromatic amines is 1. The van der Waals surface area contributed by atoms with Crippen LogP contribution in [0.3, 0.4) is 0 Å². The van der Waals surface area contributed by atoms with E-state index in [4.69, 9.17) is 0 Å². The van der Waals surface area contributed by atoms with Crippen LogP contribution in [-0.2, 0) is 6.54 Å². The van der Waals surface area contributed by atoms with Gasteiger partial charge < -0.3 is 10.4 Å². The molecule has 1 aliphatic rings. The highest BCUT2D eigenvalue weighted by Gasteiger charge is 2.25. The molecule has 0 saturated heterocycles. The van der Waals surface area contributed by atoms with Crippen LogP contribution in [0.15, 0.2) is 51.2 Å². The normalized spacial score (nSPS) is 16.2. The zero-order valence-electron chi connectivity index (χ0n) is 14.5. The lowest BCUT2D eigenvalue weighted by atomic mass is 10.0. The Balaban J connectivity index is 1.86. The third-order valence-corrected chi connectivity index (χ3v) is 5.09. The molecule has 1 atom stereocenters. The number of aromatic nitrogens is 3. The molecule has 3 aromatic rings. The molecule has 0 fully saturated rings. The first kappa shape index (κ1) is 17.2. The van der Waals surface area contributed by atoms with E-state index in [1.165, 1.54) is 0 Å². The van der Waals surface area contributed by atoms with Crippen LogP contribution in [-0.4, -0.2) is 25.6 Å². The maximum atomic E-state index is 12.4. The van der Waals surface area contributed by atoms with Gasteiger partial charge in [0.1, 0.15) is 5.56 Å². The summed E-state index contributed by atoms with van der Waals surface area (Å²) in [6.45, 7) is 2.75. The van der Waals surface area contributed by atoms with Gasteiger partial charge in [-0.05, 0) is 30.4 Å². The molecule has 0 saturated carbocycles. The second-order valence-corrected chi connectivity index (χ2v) is 7.09. The van der Waals surface area contributed by atoms with E-state index in [2.05, 4.69) is 20.4 Å². The van der Waals surface area contributed by atoms with Crippen molar-refractivity contribution in [3.05, 3.63) is 67.8 Å². The molecule has 0 aliphatic carbocycles. The molecule has 0 amide bonds. The summed E-state index contributed by atoms with van der Waals surface area (Å²) in [7, 11) is 0. The van der Waals surface area contributed by atoms with Gasteiger partial charge in [-0.25, -0.2) is 0 Å². The molecular weight excluding hydrogens is 366 g/mol. The van der Waals surface area contributed by atoms with Crippen LogP contribution in [0, 0.1) is 0 Å². The second kappa shape index (κ2) is 6.84. The fourth-order valence-electron chi connectivity index (χ4n) is 3.08. The number of para-hydroxylation sites is 2. The summed E-state index contributed by atoms with van der Waals surface area (Å²) in [6, 6.07) is 7.30. The van der Waals surface area contributed by atoms with Gasteiger partial charge in [-0.15, -0.1) is 0 Å². The third kappa shape index (κ3) is 3.28. The summed E-state index contributed by atoms with van der Waals surface area (Å²) in [4.78, 5) is 30.1. The van der Waals surface area contributed by atoms with Gasteiger partial charge in [-0.3, -0.25) is 24.2 Å². The Hall–Kier alpha value is -3.20. The summed E-state index contributed by atoms with van der Waals surface area (Å²) in [5, 5.41) is 17.7. The monoisotopic (exact) mass is 383 g/mol. The third-order valence-electron chi connectivity index (χ3n) is 4.40. The molecule has 9 heteroatoms. The number of fused-ring (bicyclic) bond motifs is 1. The molecule has 3 heterocycles. The fourth-order valence-corrected chi connectivity index (χ4v) is 3.71. The number of hydrogen-bond acceptors (Lipinski definition) is 7. The minimum Gasteiger partial charge on any atom is -0.499 e. The molecule has 2 aromatic heterocycles. The van der Waals surface area contributed by atoms with Crippen molar-refractivity contribution in [3.8, 4) is 5.06 Å². The van der Waals surface area contributed by atoms with Gasteiger partial charge in [0.25, 0.3) is 5.56 Å². The van der Waals surface area contributed by atoms with Gasteiger partial charge in [0.05, 0.1) is 29.3 Å². The van der Waals surface area contributed by atoms with Crippen LogP contribution in [0.5, 0.6) is 5.06 Å². The summed E-state index contributed by atoms with van der Waals surface area (Å²) < 4.78 is 1.82. The number of benzene rings is 1. The molecule has 1 unspecified atom stereocenters. The number of rotatable bonds is 3. The van der Waals surface area contributed by atoms with E-state index >= 15 is 0 Å². The Morgan fingerprint density at radius 1 is 1.33 bits per heavy atom. The van der Waals surface area contributed by atoms with Gasteiger partial charge in [-0.1, -0.05) is 12.1 Å². The predicted octanol–water partition coefficient (Wildman–Crippen LogP) is 2.40. The quantitative estimate of drug-likeness (QED) is 0.643. The number of aryl methyl sites for hydroxylation is 1. The Kier molecular flexibility index (Phi) is 4.36. The van der Waals surface area contributed by atoms with Crippen molar-refractivity contribution >= 4 is 28.4 Å². The van der Waals surface area contributed by atoms with Crippen LogP contribution in [0.25, 0.3) is 0 Å². The van der Waals surface area contributed by atoms with Crippen molar-refractivity contribution in [2.24, 2.45) is 4.99 Å². The number of anilines is 1.